The van der Waals surface area contributed by atoms with Crippen LogP contribution in [-0.4, -0.2) is 57.9 Å². The van der Waals surface area contributed by atoms with E-state index in [0.717, 1.165) is 22.0 Å². The number of rotatable bonds is 4. The Labute approximate surface area is 185 Å². The number of amides is 2. The Balaban J connectivity index is 1.26. The van der Waals surface area contributed by atoms with Crippen LogP contribution in [0.1, 0.15) is 21.7 Å². The lowest BCUT2D eigenvalue weighted by atomic mass is 10.0. The first kappa shape index (κ1) is 20.1. The Hall–Kier alpha value is -3.87. The predicted octanol–water partition coefficient (Wildman–Crippen LogP) is 3.66. The summed E-state index contributed by atoms with van der Waals surface area (Å²) in [7, 11) is 0. The minimum absolute atomic E-state index is 0.0768. The SMILES string of the molecule is Cc1onc(-c2ccccc2)c1C(=O)N1CCN(C(=O)Cc2c[nH]c3ccccc23)CC1. The van der Waals surface area contributed by atoms with Crippen molar-refractivity contribution in [1.29, 1.82) is 0 Å². The van der Waals surface area contributed by atoms with Gasteiger partial charge in [0.15, 0.2) is 0 Å². The summed E-state index contributed by atoms with van der Waals surface area (Å²) in [6.45, 7) is 3.75. The van der Waals surface area contributed by atoms with Crippen LogP contribution >= 0.6 is 0 Å². The summed E-state index contributed by atoms with van der Waals surface area (Å²) >= 11 is 0. The lowest BCUT2D eigenvalue weighted by molar-refractivity contribution is -0.131. The lowest BCUT2D eigenvalue weighted by Gasteiger charge is -2.34. The zero-order valence-corrected chi connectivity index (χ0v) is 17.9. The van der Waals surface area contributed by atoms with E-state index in [1.165, 1.54) is 0 Å². The number of H-pyrrole nitrogens is 1. The second kappa shape index (κ2) is 8.34. The molecule has 0 spiro atoms. The van der Waals surface area contributed by atoms with Crippen molar-refractivity contribution in [2.75, 3.05) is 26.2 Å². The number of nitrogens with zero attached hydrogens (tertiary/aromatic N) is 3. The number of fused-ring (bicyclic) bond motifs is 1. The molecule has 2 aromatic heterocycles. The number of aromatic amines is 1. The molecule has 0 saturated carbocycles. The van der Waals surface area contributed by atoms with Crippen molar-refractivity contribution >= 4 is 22.7 Å². The summed E-state index contributed by atoms with van der Waals surface area (Å²) in [6, 6.07) is 17.5. The number of aryl methyl sites for hydroxylation is 1. The van der Waals surface area contributed by atoms with Crippen molar-refractivity contribution in [3.63, 3.8) is 0 Å². The van der Waals surface area contributed by atoms with E-state index in [1.807, 2.05) is 65.7 Å². The maximum absolute atomic E-state index is 13.3. The van der Waals surface area contributed by atoms with Gasteiger partial charge in [0.25, 0.3) is 5.91 Å². The monoisotopic (exact) mass is 428 g/mol. The molecule has 2 aromatic carbocycles. The van der Waals surface area contributed by atoms with E-state index in [2.05, 4.69) is 10.1 Å². The summed E-state index contributed by atoms with van der Waals surface area (Å²) in [6.07, 6.45) is 2.25. The Morgan fingerprint density at radius 1 is 0.969 bits per heavy atom. The molecule has 1 aliphatic rings. The quantitative estimate of drug-likeness (QED) is 0.538. The van der Waals surface area contributed by atoms with Crippen molar-refractivity contribution in [1.82, 2.24) is 19.9 Å². The highest BCUT2D eigenvalue weighted by atomic mass is 16.5. The molecule has 0 radical (unpaired) electrons. The van der Waals surface area contributed by atoms with Gasteiger partial charge in [0.05, 0.1) is 6.42 Å². The smallest absolute Gasteiger partial charge is 0.259 e. The number of piperazine rings is 1. The Morgan fingerprint density at radius 3 is 2.44 bits per heavy atom. The summed E-state index contributed by atoms with van der Waals surface area (Å²) in [4.78, 5) is 33.0. The molecular weight excluding hydrogens is 404 g/mol. The molecule has 7 heteroatoms. The average molecular weight is 428 g/mol. The number of carbonyl (C=O) groups excluding carboxylic acids is 2. The summed E-state index contributed by atoms with van der Waals surface area (Å²) in [5, 5.41) is 5.20. The van der Waals surface area contributed by atoms with Crippen molar-refractivity contribution in [2.24, 2.45) is 0 Å². The van der Waals surface area contributed by atoms with E-state index in [0.29, 0.717) is 49.6 Å². The fourth-order valence-corrected chi connectivity index (χ4v) is 4.29. The third kappa shape index (κ3) is 3.66. The normalized spacial score (nSPS) is 14.2. The van der Waals surface area contributed by atoms with E-state index < -0.39 is 0 Å². The largest absolute Gasteiger partial charge is 0.361 e. The van der Waals surface area contributed by atoms with Crippen LogP contribution in [0.3, 0.4) is 0 Å². The molecule has 0 aliphatic carbocycles. The first-order valence-corrected chi connectivity index (χ1v) is 10.8. The molecule has 32 heavy (non-hydrogen) atoms. The molecule has 4 aromatic rings. The van der Waals surface area contributed by atoms with E-state index in [9.17, 15) is 9.59 Å². The fourth-order valence-electron chi connectivity index (χ4n) is 4.29. The minimum atomic E-state index is -0.105. The summed E-state index contributed by atoms with van der Waals surface area (Å²) in [5.74, 6) is 0.478. The number of hydrogen-bond acceptors (Lipinski definition) is 4. The van der Waals surface area contributed by atoms with Gasteiger partial charge in [-0.05, 0) is 18.6 Å². The van der Waals surface area contributed by atoms with Crippen LogP contribution in [0.2, 0.25) is 0 Å². The highest BCUT2D eigenvalue weighted by Crippen LogP contribution is 2.27. The van der Waals surface area contributed by atoms with E-state index in [4.69, 9.17) is 4.52 Å². The zero-order valence-electron chi connectivity index (χ0n) is 17.9. The van der Waals surface area contributed by atoms with E-state index in [-0.39, 0.29) is 11.8 Å². The Bertz CT molecular complexity index is 1270. The maximum Gasteiger partial charge on any atom is 0.259 e. The molecule has 1 aliphatic heterocycles. The molecule has 1 fully saturated rings. The van der Waals surface area contributed by atoms with Crippen LogP contribution in [-0.2, 0) is 11.2 Å². The van der Waals surface area contributed by atoms with Gasteiger partial charge in [0.1, 0.15) is 17.0 Å². The van der Waals surface area contributed by atoms with Crippen LogP contribution in [0.15, 0.2) is 65.3 Å². The molecule has 5 rings (SSSR count). The fraction of sp³-hybridized carbons (Fsp3) is 0.240. The van der Waals surface area contributed by atoms with E-state index >= 15 is 0 Å². The molecule has 7 nitrogen and oxygen atoms in total. The van der Waals surface area contributed by atoms with Gasteiger partial charge in [-0.2, -0.15) is 0 Å². The molecular formula is C25H24N4O3. The van der Waals surface area contributed by atoms with Crippen LogP contribution in [0, 0.1) is 6.92 Å². The van der Waals surface area contributed by atoms with Crippen molar-refractivity contribution in [2.45, 2.75) is 13.3 Å². The van der Waals surface area contributed by atoms with Crippen LogP contribution in [0.4, 0.5) is 0 Å². The number of para-hydroxylation sites is 1. The molecule has 3 heterocycles. The third-order valence-corrected chi connectivity index (χ3v) is 6.06. The van der Waals surface area contributed by atoms with Crippen LogP contribution in [0.5, 0.6) is 0 Å². The number of aromatic nitrogens is 2. The number of nitrogens with one attached hydrogen (secondary N) is 1. The molecule has 1 N–H and O–H groups in total. The van der Waals surface area contributed by atoms with Gasteiger partial charge in [-0.15, -0.1) is 0 Å². The molecule has 0 atom stereocenters. The number of benzene rings is 2. The number of carbonyl (C=O) groups is 2. The first-order valence-electron chi connectivity index (χ1n) is 10.8. The van der Waals surface area contributed by atoms with Gasteiger partial charge in [0.2, 0.25) is 5.91 Å². The summed E-state index contributed by atoms with van der Waals surface area (Å²) < 4.78 is 5.35. The highest BCUT2D eigenvalue weighted by Gasteiger charge is 2.30. The molecule has 0 unspecified atom stereocenters. The van der Waals surface area contributed by atoms with Gasteiger partial charge >= 0.3 is 0 Å². The topological polar surface area (TPSA) is 82.4 Å². The molecule has 0 bridgehead atoms. The van der Waals surface area contributed by atoms with Crippen molar-refractivity contribution < 1.29 is 14.1 Å². The highest BCUT2D eigenvalue weighted by molar-refractivity contribution is 6.01. The molecule has 2 amide bonds. The lowest BCUT2D eigenvalue weighted by Crippen LogP contribution is -2.51. The Morgan fingerprint density at radius 2 is 1.66 bits per heavy atom. The van der Waals surface area contributed by atoms with Gasteiger partial charge in [-0.1, -0.05) is 53.7 Å². The van der Waals surface area contributed by atoms with Crippen LogP contribution < -0.4 is 0 Å². The zero-order chi connectivity index (χ0) is 22.1. The van der Waals surface area contributed by atoms with Gasteiger partial charge in [0, 0.05) is 48.8 Å². The van der Waals surface area contributed by atoms with Crippen LogP contribution in [0.25, 0.3) is 22.2 Å². The van der Waals surface area contributed by atoms with Crippen molar-refractivity contribution in [3.8, 4) is 11.3 Å². The molecule has 162 valence electrons. The molecule has 1 saturated heterocycles. The number of hydrogen-bond donors (Lipinski definition) is 1. The Kier molecular flexibility index (Phi) is 5.23. The first-order chi connectivity index (χ1) is 15.6. The van der Waals surface area contributed by atoms with Gasteiger partial charge < -0.3 is 19.3 Å². The second-order valence-corrected chi connectivity index (χ2v) is 8.04. The maximum atomic E-state index is 13.3. The third-order valence-electron chi connectivity index (χ3n) is 6.06. The standard InChI is InChI=1S/C25H24N4O3/c1-17-23(24(27-32-17)18-7-3-2-4-8-18)25(31)29-13-11-28(12-14-29)22(30)15-19-16-26-21-10-6-5-9-20(19)21/h2-10,16,26H,11-15H2,1H3. The van der Waals surface area contributed by atoms with Gasteiger partial charge in [-0.3, -0.25) is 9.59 Å². The van der Waals surface area contributed by atoms with Crippen molar-refractivity contribution in [3.05, 3.63) is 77.7 Å². The predicted molar refractivity (Wildman–Crippen MR) is 121 cm³/mol. The van der Waals surface area contributed by atoms with Gasteiger partial charge in [-0.25, -0.2) is 0 Å². The second-order valence-electron chi connectivity index (χ2n) is 8.04. The minimum Gasteiger partial charge on any atom is -0.361 e. The van der Waals surface area contributed by atoms with E-state index in [1.54, 1.807) is 11.8 Å². The summed E-state index contributed by atoms with van der Waals surface area (Å²) in [5.41, 5.74) is 3.93. The average Bonchev–Trinajstić information content (AvgIpc) is 3.43.